The van der Waals surface area contributed by atoms with Gasteiger partial charge in [0.15, 0.2) is 5.82 Å². The van der Waals surface area contributed by atoms with Crippen LogP contribution in [0, 0.1) is 5.82 Å². The van der Waals surface area contributed by atoms with Gasteiger partial charge in [-0.1, -0.05) is 23.2 Å². The molecule has 3 N–H and O–H groups in total. The standard InChI is InChI=1S/C26H29Cl2FN4O4S2/c1-26(2,3)37-25(35)33(24-14-38-15-32-24)39-22-12-18(28)21(13-19(22)29)36-20-7-6-17(27)11-16(20)5-4-9-31-10-8-23(30)34/h6-7,11-15,31H,4-5,8-10H2,1-3H3,(H2,30,34). The number of hydrogen-bond donors (Lipinski definition) is 2. The predicted octanol–water partition coefficient (Wildman–Crippen LogP) is 7.23. The smallest absolute Gasteiger partial charge is 0.426 e. The van der Waals surface area contributed by atoms with Crippen LogP contribution in [0.2, 0.25) is 10.0 Å². The number of aryl methyl sites for hydroxylation is 1. The molecule has 2 aromatic carbocycles. The van der Waals surface area contributed by atoms with Crippen LogP contribution in [0.25, 0.3) is 0 Å². The fourth-order valence-electron chi connectivity index (χ4n) is 3.25. The fraction of sp³-hybridized carbons (Fsp3) is 0.346. The SMILES string of the molecule is CC(C)(C)OC(=O)N(Sc1cc(Cl)c(Oc2ccc(Cl)cc2CCCNCCC(N)=O)cc1F)c1cscn1. The minimum atomic E-state index is -0.754. The molecule has 0 aliphatic heterocycles. The average Bonchev–Trinajstić information content (AvgIpc) is 3.37. The lowest BCUT2D eigenvalue weighted by molar-refractivity contribution is -0.117. The molecule has 1 aromatic heterocycles. The van der Waals surface area contributed by atoms with Crippen molar-refractivity contribution in [3.05, 3.63) is 62.6 Å². The maximum absolute atomic E-state index is 15.3. The maximum atomic E-state index is 15.3. The molecule has 0 saturated heterocycles. The Bertz CT molecular complexity index is 1290. The summed E-state index contributed by atoms with van der Waals surface area (Å²) in [6, 6.07) is 7.71. The second kappa shape index (κ2) is 14.2. The summed E-state index contributed by atoms with van der Waals surface area (Å²) < 4.78 is 27.9. The number of thiazole rings is 1. The molecule has 13 heteroatoms. The zero-order chi connectivity index (χ0) is 28.6. The molecule has 0 atom stereocenters. The molecule has 39 heavy (non-hydrogen) atoms. The Labute approximate surface area is 245 Å². The third kappa shape index (κ3) is 9.84. The number of primary amides is 1. The molecule has 8 nitrogen and oxygen atoms in total. The lowest BCUT2D eigenvalue weighted by atomic mass is 10.1. The summed E-state index contributed by atoms with van der Waals surface area (Å²) in [6.07, 6.45) is 0.934. The molecule has 0 aliphatic carbocycles. The van der Waals surface area contributed by atoms with Crippen molar-refractivity contribution in [2.75, 3.05) is 17.4 Å². The third-order valence-corrected chi connectivity index (χ3v) is 7.09. The molecule has 210 valence electrons. The number of anilines is 1. The highest BCUT2D eigenvalue weighted by Gasteiger charge is 2.27. The number of hydrogen-bond acceptors (Lipinski definition) is 8. The van der Waals surface area contributed by atoms with Gasteiger partial charge in [0.25, 0.3) is 0 Å². The first kappa shape index (κ1) is 31.0. The molecule has 3 rings (SSSR count). The number of halogens is 3. The van der Waals surface area contributed by atoms with Crippen molar-refractivity contribution in [3.8, 4) is 11.5 Å². The summed E-state index contributed by atoms with van der Waals surface area (Å²) >= 11 is 14.8. The van der Waals surface area contributed by atoms with Crippen molar-refractivity contribution in [2.45, 2.75) is 50.5 Å². The molecule has 2 amide bonds. The van der Waals surface area contributed by atoms with Gasteiger partial charge in [-0.05, 0) is 70.0 Å². The van der Waals surface area contributed by atoms with Crippen LogP contribution in [0.15, 0.2) is 46.1 Å². The molecule has 3 aromatic rings. The minimum Gasteiger partial charge on any atom is -0.455 e. The Balaban J connectivity index is 1.75. The maximum Gasteiger partial charge on any atom is 0.426 e. The molecular formula is C26H29Cl2FN4O4S2. The van der Waals surface area contributed by atoms with Crippen LogP contribution < -0.4 is 20.1 Å². The van der Waals surface area contributed by atoms with Crippen LogP contribution in [0.1, 0.15) is 39.2 Å². The lowest BCUT2D eigenvalue weighted by Crippen LogP contribution is -2.32. The van der Waals surface area contributed by atoms with Crippen LogP contribution in [0.4, 0.5) is 15.0 Å². The number of ether oxygens (including phenoxy) is 2. The Hall–Kier alpha value is -2.57. The zero-order valence-electron chi connectivity index (χ0n) is 21.6. The van der Waals surface area contributed by atoms with E-state index >= 15 is 4.39 Å². The van der Waals surface area contributed by atoms with Crippen LogP contribution >= 0.6 is 46.5 Å². The summed E-state index contributed by atoms with van der Waals surface area (Å²) in [4.78, 5) is 27.9. The largest absolute Gasteiger partial charge is 0.455 e. The van der Waals surface area contributed by atoms with E-state index in [1.807, 2.05) is 0 Å². The van der Waals surface area contributed by atoms with Gasteiger partial charge in [-0.3, -0.25) is 4.79 Å². The topological polar surface area (TPSA) is 107 Å². The van der Waals surface area contributed by atoms with Crippen molar-refractivity contribution in [1.29, 1.82) is 0 Å². The van der Waals surface area contributed by atoms with E-state index in [0.29, 0.717) is 36.1 Å². The summed E-state index contributed by atoms with van der Waals surface area (Å²) in [6.45, 7) is 6.38. The van der Waals surface area contributed by atoms with Gasteiger partial charge in [-0.2, -0.15) is 4.31 Å². The number of nitrogens with zero attached hydrogens (tertiary/aromatic N) is 2. The van der Waals surface area contributed by atoms with Gasteiger partial charge in [0.2, 0.25) is 5.91 Å². The summed E-state index contributed by atoms with van der Waals surface area (Å²) in [5, 5.41) is 5.49. The molecule has 0 spiro atoms. The highest BCUT2D eigenvalue weighted by molar-refractivity contribution is 8.01. The molecule has 0 unspecified atom stereocenters. The number of amides is 2. The van der Waals surface area contributed by atoms with E-state index in [1.54, 1.807) is 49.9 Å². The second-order valence-electron chi connectivity index (χ2n) is 9.35. The Morgan fingerprint density at radius 2 is 1.95 bits per heavy atom. The molecule has 0 bridgehead atoms. The number of benzene rings is 2. The molecule has 0 saturated carbocycles. The van der Waals surface area contributed by atoms with E-state index in [-0.39, 0.29) is 28.0 Å². The van der Waals surface area contributed by atoms with Gasteiger partial charge in [-0.15, -0.1) is 11.3 Å². The van der Waals surface area contributed by atoms with E-state index in [4.69, 9.17) is 38.4 Å². The molecule has 1 heterocycles. The second-order valence-corrected chi connectivity index (χ2v) is 11.9. The van der Waals surface area contributed by atoms with Gasteiger partial charge < -0.3 is 20.5 Å². The fourth-order valence-corrected chi connectivity index (χ4v) is 5.11. The van der Waals surface area contributed by atoms with Crippen molar-refractivity contribution in [2.24, 2.45) is 5.73 Å². The zero-order valence-corrected chi connectivity index (χ0v) is 24.8. The molecular weight excluding hydrogens is 586 g/mol. The molecule has 0 fully saturated rings. The Morgan fingerprint density at radius 3 is 2.62 bits per heavy atom. The highest BCUT2D eigenvalue weighted by Crippen LogP contribution is 2.39. The van der Waals surface area contributed by atoms with Gasteiger partial charge in [0, 0.05) is 41.4 Å². The van der Waals surface area contributed by atoms with E-state index in [9.17, 15) is 9.59 Å². The first-order valence-corrected chi connectivity index (χ1v) is 14.4. The first-order chi connectivity index (χ1) is 18.4. The van der Waals surface area contributed by atoms with Crippen LogP contribution in [0.5, 0.6) is 11.5 Å². The number of rotatable bonds is 12. The van der Waals surface area contributed by atoms with Crippen LogP contribution in [-0.4, -0.2) is 35.7 Å². The van der Waals surface area contributed by atoms with Crippen molar-refractivity contribution < 1.29 is 23.5 Å². The summed E-state index contributed by atoms with van der Waals surface area (Å²) in [5.74, 6) is -0.0974. The number of aromatic nitrogens is 1. The number of nitrogens with two attached hydrogens (primary N) is 1. The van der Waals surface area contributed by atoms with Gasteiger partial charge in [0.05, 0.1) is 15.4 Å². The number of carbonyl (C=O) groups is 2. The van der Waals surface area contributed by atoms with E-state index in [2.05, 4.69) is 10.3 Å². The summed E-state index contributed by atoms with van der Waals surface area (Å²) in [7, 11) is 0. The molecule has 0 radical (unpaired) electrons. The van der Waals surface area contributed by atoms with E-state index in [1.165, 1.54) is 27.8 Å². The van der Waals surface area contributed by atoms with Crippen LogP contribution in [-0.2, 0) is 16.0 Å². The van der Waals surface area contributed by atoms with Crippen molar-refractivity contribution in [3.63, 3.8) is 0 Å². The Morgan fingerprint density at radius 1 is 1.18 bits per heavy atom. The average molecular weight is 616 g/mol. The van der Waals surface area contributed by atoms with Crippen molar-refractivity contribution in [1.82, 2.24) is 10.3 Å². The lowest BCUT2D eigenvalue weighted by Gasteiger charge is -2.25. The van der Waals surface area contributed by atoms with E-state index < -0.39 is 17.5 Å². The van der Waals surface area contributed by atoms with Gasteiger partial charge in [0.1, 0.15) is 22.9 Å². The number of nitrogens with one attached hydrogen (secondary N) is 1. The van der Waals surface area contributed by atoms with Crippen LogP contribution in [0.3, 0.4) is 0 Å². The minimum absolute atomic E-state index is 0.0876. The summed E-state index contributed by atoms with van der Waals surface area (Å²) in [5.41, 5.74) is 6.77. The predicted molar refractivity (Wildman–Crippen MR) is 155 cm³/mol. The molecule has 0 aliphatic rings. The van der Waals surface area contributed by atoms with Gasteiger partial charge in [-0.25, -0.2) is 14.2 Å². The van der Waals surface area contributed by atoms with Gasteiger partial charge >= 0.3 is 6.09 Å². The Kier molecular flexibility index (Phi) is 11.3. The normalized spacial score (nSPS) is 11.3. The third-order valence-electron chi connectivity index (χ3n) is 4.95. The van der Waals surface area contributed by atoms with Crippen molar-refractivity contribution >= 4 is 64.3 Å². The number of carbonyl (C=O) groups excluding carboxylic acids is 2. The first-order valence-electron chi connectivity index (χ1n) is 12.0. The quantitative estimate of drug-likeness (QED) is 0.164. The highest BCUT2D eigenvalue weighted by atomic mass is 35.5. The van der Waals surface area contributed by atoms with E-state index in [0.717, 1.165) is 23.9 Å². The monoisotopic (exact) mass is 614 g/mol.